The molecular weight excluding hydrogens is 519 g/mol. The SMILES string of the molecule is COc1ccccc1N(C(=O)CC(N)=O)c1ccc(Oc2ccnc3cc(C4=CCN(C)CC4)sc23)c(F)c1. The number of nitrogens with two attached hydrogens (primary N) is 1. The van der Waals surface area contributed by atoms with Crippen LogP contribution in [0.5, 0.6) is 17.2 Å². The lowest BCUT2D eigenvalue weighted by molar-refractivity contribution is -0.125. The van der Waals surface area contributed by atoms with Crippen molar-refractivity contribution in [3.8, 4) is 17.2 Å². The summed E-state index contributed by atoms with van der Waals surface area (Å²) in [5.74, 6) is -1.24. The van der Waals surface area contributed by atoms with Gasteiger partial charge >= 0.3 is 0 Å². The van der Waals surface area contributed by atoms with Crippen LogP contribution in [0, 0.1) is 5.82 Å². The van der Waals surface area contributed by atoms with E-state index >= 15 is 4.39 Å². The number of benzene rings is 2. The van der Waals surface area contributed by atoms with E-state index < -0.39 is 24.1 Å². The summed E-state index contributed by atoms with van der Waals surface area (Å²) in [5.41, 5.74) is 7.88. The number of carbonyl (C=O) groups is 2. The molecule has 1 aliphatic rings. The fraction of sp³-hybridized carbons (Fsp3) is 0.207. The number of nitrogens with zero attached hydrogens (tertiary/aromatic N) is 3. The van der Waals surface area contributed by atoms with Gasteiger partial charge in [0.05, 0.1) is 28.7 Å². The molecular formula is C29H27FN4O4S. The van der Waals surface area contributed by atoms with Gasteiger partial charge in [-0.25, -0.2) is 4.39 Å². The number of rotatable bonds is 8. The first-order valence-corrected chi connectivity index (χ1v) is 13.1. The number of carbonyl (C=O) groups excluding carboxylic acids is 2. The first-order chi connectivity index (χ1) is 18.8. The molecule has 0 saturated heterocycles. The number of fused-ring (bicyclic) bond motifs is 1. The van der Waals surface area contributed by atoms with Gasteiger partial charge in [0.1, 0.15) is 17.9 Å². The molecule has 0 spiro atoms. The number of aromatic nitrogens is 1. The summed E-state index contributed by atoms with van der Waals surface area (Å²) in [4.78, 5) is 33.6. The van der Waals surface area contributed by atoms with Gasteiger partial charge in [-0.2, -0.15) is 0 Å². The minimum absolute atomic E-state index is 0.0120. The monoisotopic (exact) mass is 546 g/mol. The molecule has 0 atom stereocenters. The quantitative estimate of drug-likeness (QED) is 0.293. The lowest BCUT2D eigenvalue weighted by Gasteiger charge is -2.24. The number of amides is 2. The van der Waals surface area contributed by atoms with Gasteiger partial charge in [-0.15, -0.1) is 11.3 Å². The number of likely N-dealkylation sites (N-methyl/N-ethyl adjacent to an activating group) is 1. The second kappa shape index (κ2) is 11.2. The van der Waals surface area contributed by atoms with E-state index in [4.69, 9.17) is 15.2 Å². The van der Waals surface area contributed by atoms with Gasteiger partial charge in [-0.05, 0) is 49.4 Å². The van der Waals surface area contributed by atoms with Crippen LogP contribution >= 0.6 is 11.3 Å². The van der Waals surface area contributed by atoms with E-state index in [-0.39, 0.29) is 11.4 Å². The Balaban J connectivity index is 1.47. The predicted octanol–water partition coefficient (Wildman–Crippen LogP) is 5.50. The third-order valence-corrected chi connectivity index (χ3v) is 7.61. The molecule has 0 saturated carbocycles. The number of primary amides is 1. The maximum atomic E-state index is 15.4. The smallest absolute Gasteiger partial charge is 0.241 e. The van der Waals surface area contributed by atoms with Gasteiger partial charge in [0.2, 0.25) is 11.8 Å². The number of para-hydroxylation sites is 2. The lowest BCUT2D eigenvalue weighted by atomic mass is 10.1. The molecule has 2 amide bonds. The molecule has 2 N–H and O–H groups in total. The van der Waals surface area contributed by atoms with Gasteiger partial charge in [0, 0.05) is 36.3 Å². The Kier molecular flexibility index (Phi) is 7.58. The van der Waals surface area contributed by atoms with Crippen LogP contribution in [0.15, 0.2) is 66.9 Å². The number of hydrogen-bond acceptors (Lipinski definition) is 7. The molecule has 10 heteroatoms. The Morgan fingerprint density at radius 1 is 1.13 bits per heavy atom. The second-order valence-corrected chi connectivity index (χ2v) is 10.2. The summed E-state index contributed by atoms with van der Waals surface area (Å²) in [5, 5.41) is 0. The minimum Gasteiger partial charge on any atom is -0.495 e. The molecule has 2 aromatic heterocycles. The molecule has 4 aromatic rings. The standard InChI is InChI=1S/C29H27FN4O4S/c1-33-13-10-18(11-14-33)26-16-21-29(39-26)25(9-12-32-21)38-23-8-7-19(15-20(23)30)34(28(36)17-27(31)35)22-5-3-4-6-24(22)37-2/h3-10,12,15-16H,11,13-14,17H2,1-2H3,(H2,31,35). The zero-order valence-corrected chi connectivity index (χ0v) is 22.3. The van der Waals surface area contributed by atoms with Crippen molar-refractivity contribution in [3.63, 3.8) is 0 Å². The molecule has 39 heavy (non-hydrogen) atoms. The van der Waals surface area contributed by atoms with Crippen LogP contribution in [-0.2, 0) is 9.59 Å². The zero-order valence-electron chi connectivity index (χ0n) is 21.5. The summed E-state index contributed by atoms with van der Waals surface area (Å²) in [7, 11) is 3.55. The van der Waals surface area contributed by atoms with Crippen LogP contribution < -0.4 is 20.1 Å². The largest absolute Gasteiger partial charge is 0.495 e. The summed E-state index contributed by atoms with van der Waals surface area (Å²) < 4.78 is 27.7. The molecule has 2 aromatic carbocycles. The number of hydrogen-bond donors (Lipinski definition) is 1. The topological polar surface area (TPSA) is 98.0 Å². The number of pyridine rings is 1. The molecule has 0 fully saturated rings. The van der Waals surface area contributed by atoms with Crippen LogP contribution in [0.4, 0.5) is 15.8 Å². The molecule has 3 heterocycles. The number of halogens is 1. The Morgan fingerprint density at radius 3 is 2.67 bits per heavy atom. The third-order valence-electron chi connectivity index (χ3n) is 6.40. The van der Waals surface area contributed by atoms with Gasteiger partial charge in [0.15, 0.2) is 11.6 Å². The van der Waals surface area contributed by atoms with Crippen LogP contribution in [0.3, 0.4) is 0 Å². The molecule has 1 aliphatic heterocycles. The van der Waals surface area contributed by atoms with Gasteiger partial charge in [-0.3, -0.25) is 19.5 Å². The number of methoxy groups -OCH3 is 1. The van der Waals surface area contributed by atoms with Crippen molar-refractivity contribution in [1.29, 1.82) is 0 Å². The highest BCUT2D eigenvalue weighted by Crippen LogP contribution is 2.40. The number of anilines is 2. The van der Waals surface area contributed by atoms with Crippen molar-refractivity contribution in [2.24, 2.45) is 5.73 Å². The fourth-order valence-electron chi connectivity index (χ4n) is 4.44. The van der Waals surface area contributed by atoms with Crippen LogP contribution in [0.25, 0.3) is 15.8 Å². The molecule has 0 unspecified atom stereocenters. The molecule has 8 nitrogen and oxygen atoms in total. The average molecular weight is 547 g/mol. The summed E-state index contributed by atoms with van der Waals surface area (Å²) in [6.07, 6.45) is 4.25. The first-order valence-electron chi connectivity index (χ1n) is 12.3. The Hall–Kier alpha value is -4.28. The van der Waals surface area contributed by atoms with Gasteiger partial charge in [0.25, 0.3) is 0 Å². The van der Waals surface area contributed by atoms with Crippen LogP contribution in [-0.4, -0.2) is 48.9 Å². The van der Waals surface area contributed by atoms with Crippen molar-refractivity contribution in [2.75, 3.05) is 32.1 Å². The fourth-order valence-corrected chi connectivity index (χ4v) is 5.57. The molecule has 0 aliphatic carbocycles. The highest BCUT2D eigenvalue weighted by molar-refractivity contribution is 7.20. The zero-order chi connectivity index (χ0) is 27.5. The predicted molar refractivity (Wildman–Crippen MR) is 150 cm³/mol. The number of ether oxygens (including phenoxy) is 2. The van der Waals surface area contributed by atoms with Crippen molar-refractivity contribution in [2.45, 2.75) is 12.8 Å². The van der Waals surface area contributed by atoms with E-state index in [0.29, 0.717) is 17.2 Å². The third kappa shape index (κ3) is 5.62. The maximum Gasteiger partial charge on any atom is 0.241 e. The average Bonchev–Trinajstić information content (AvgIpc) is 3.36. The highest BCUT2D eigenvalue weighted by Gasteiger charge is 2.24. The summed E-state index contributed by atoms with van der Waals surface area (Å²) in [6, 6.07) is 14.7. The van der Waals surface area contributed by atoms with Crippen molar-refractivity contribution >= 4 is 50.3 Å². The van der Waals surface area contributed by atoms with Crippen LogP contribution in [0.2, 0.25) is 0 Å². The highest BCUT2D eigenvalue weighted by atomic mass is 32.1. The number of thiophene rings is 1. The summed E-state index contributed by atoms with van der Waals surface area (Å²) in [6.45, 7) is 1.88. The van der Waals surface area contributed by atoms with Gasteiger partial charge < -0.3 is 20.1 Å². The molecule has 0 radical (unpaired) electrons. The lowest BCUT2D eigenvalue weighted by Crippen LogP contribution is -2.30. The first kappa shape index (κ1) is 26.3. The molecule has 0 bridgehead atoms. The maximum absolute atomic E-state index is 15.4. The van der Waals surface area contributed by atoms with Gasteiger partial charge in [-0.1, -0.05) is 18.2 Å². The van der Waals surface area contributed by atoms with E-state index in [0.717, 1.165) is 34.6 Å². The normalized spacial score (nSPS) is 13.7. The minimum atomic E-state index is -0.798. The Morgan fingerprint density at radius 2 is 1.95 bits per heavy atom. The van der Waals surface area contributed by atoms with E-state index in [9.17, 15) is 9.59 Å². The van der Waals surface area contributed by atoms with Crippen molar-refractivity contribution < 1.29 is 23.5 Å². The van der Waals surface area contributed by atoms with E-state index in [1.165, 1.54) is 29.7 Å². The molecule has 5 rings (SSSR count). The van der Waals surface area contributed by atoms with E-state index in [1.807, 2.05) is 6.07 Å². The Labute approximate surface area is 229 Å². The van der Waals surface area contributed by atoms with Crippen molar-refractivity contribution in [1.82, 2.24) is 9.88 Å². The van der Waals surface area contributed by atoms with E-state index in [1.54, 1.807) is 53.9 Å². The van der Waals surface area contributed by atoms with Crippen LogP contribution in [0.1, 0.15) is 17.7 Å². The van der Waals surface area contributed by atoms with Crippen molar-refractivity contribution in [3.05, 3.63) is 77.6 Å². The summed E-state index contributed by atoms with van der Waals surface area (Å²) >= 11 is 1.57. The Bertz CT molecular complexity index is 1580. The van der Waals surface area contributed by atoms with E-state index in [2.05, 4.69) is 23.0 Å². The second-order valence-electron chi connectivity index (χ2n) is 9.14. The molecule has 200 valence electrons.